The fraction of sp³-hybridized carbons (Fsp3) is 0.632. The first-order valence-electron chi connectivity index (χ1n) is 8.91. The Hall–Kier alpha value is -1.59. The molecule has 5 nitrogen and oxygen atoms in total. The first-order valence-corrected chi connectivity index (χ1v) is 8.91. The molecule has 0 spiro atoms. The number of benzene rings is 1. The molecule has 0 saturated carbocycles. The number of nitrogens with zero attached hydrogens (tertiary/aromatic N) is 1. The second-order valence-electron chi connectivity index (χ2n) is 6.30. The van der Waals surface area contributed by atoms with Gasteiger partial charge in [-0.3, -0.25) is 0 Å². The molecule has 0 aliphatic carbocycles. The number of carbonyl (C=O) groups is 1. The molecule has 0 heterocycles. The predicted octanol–water partition coefficient (Wildman–Crippen LogP) is 3.14. The SMILES string of the molecule is CCOCc1ccccc1CNC(=O)NCCCCN(C)C(C)C. The van der Waals surface area contributed by atoms with Crippen LogP contribution in [0.4, 0.5) is 4.79 Å². The standard InChI is InChI=1S/C19H33N3O2/c1-5-24-15-18-11-7-6-10-17(18)14-21-19(23)20-12-8-9-13-22(4)16(2)3/h6-7,10-11,16H,5,8-9,12-15H2,1-4H3,(H2,20,21,23). The quantitative estimate of drug-likeness (QED) is 0.611. The Morgan fingerprint density at radius 2 is 1.88 bits per heavy atom. The smallest absolute Gasteiger partial charge is 0.315 e. The second kappa shape index (κ2) is 11.9. The highest BCUT2D eigenvalue weighted by molar-refractivity contribution is 5.73. The number of nitrogens with one attached hydrogen (secondary N) is 2. The van der Waals surface area contributed by atoms with E-state index in [4.69, 9.17) is 4.74 Å². The lowest BCUT2D eigenvalue weighted by atomic mass is 10.1. The van der Waals surface area contributed by atoms with Crippen LogP contribution in [0.25, 0.3) is 0 Å². The summed E-state index contributed by atoms with van der Waals surface area (Å²) in [6.07, 6.45) is 2.08. The monoisotopic (exact) mass is 335 g/mol. The predicted molar refractivity (Wildman–Crippen MR) is 99.0 cm³/mol. The van der Waals surface area contributed by atoms with Gasteiger partial charge in [-0.05, 0) is 58.3 Å². The molecule has 1 aromatic rings. The Labute approximate surface area is 146 Å². The number of hydrogen-bond acceptors (Lipinski definition) is 3. The summed E-state index contributed by atoms with van der Waals surface area (Å²) < 4.78 is 5.46. The van der Waals surface area contributed by atoms with Crippen LogP contribution in [0.1, 0.15) is 44.7 Å². The molecule has 136 valence electrons. The van der Waals surface area contributed by atoms with Gasteiger partial charge in [0.25, 0.3) is 0 Å². The third kappa shape index (κ3) is 8.31. The third-order valence-electron chi connectivity index (χ3n) is 4.12. The number of unbranched alkanes of at least 4 members (excludes halogenated alkanes) is 1. The minimum atomic E-state index is -0.113. The van der Waals surface area contributed by atoms with Crippen LogP contribution in [-0.2, 0) is 17.9 Å². The van der Waals surface area contributed by atoms with Gasteiger partial charge in [0.2, 0.25) is 0 Å². The molecule has 0 aromatic heterocycles. The molecule has 1 rings (SSSR count). The number of urea groups is 1. The Balaban J connectivity index is 2.22. The summed E-state index contributed by atoms with van der Waals surface area (Å²) in [4.78, 5) is 14.2. The van der Waals surface area contributed by atoms with Crippen LogP contribution in [0.2, 0.25) is 0 Å². The maximum atomic E-state index is 11.9. The van der Waals surface area contributed by atoms with E-state index in [0.717, 1.165) is 30.5 Å². The fourth-order valence-electron chi connectivity index (χ4n) is 2.27. The van der Waals surface area contributed by atoms with Crippen LogP contribution < -0.4 is 10.6 Å². The van der Waals surface area contributed by atoms with Crippen LogP contribution in [0, 0.1) is 0 Å². The van der Waals surface area contributed by atoms with Crippen molar-refractivity contribution in [3.05, 3.63) is 35.4 Å². The zero-order valence-corrected chi connectivity index (χ0v) is 15.6. The molecule has 0 saturated heterocycles. The van der Waals surface area contributed by atoms with Crippen molar-refractivity contribution in [1.82, 2.24) is 15.5 Å². The maximum absolute atomic E-state index is 11.9. The summed E-state index contributed by atoms with van der Waals surface area (Å²) >= 11 is 0. The van der Waals surface area contributed by atoms with E-state index in [1.807, 2.05) is 31.2 Å². The first-order chi connectivity index (χ1) is 11.5. The van der Waals surface area contributed by atoms with E-state index in [-0.39, 0.29) is 6.03 Å². The second-order valence-corrected chi connectivity index (χ2v) is 6.30. The Morgan fingerprint density at radius 1 is 1.17 bits per heavy atom. The average molecular weight is 335 g/mol. The summed E-state index contributed by atoms with van der Waals surface area (Å²) in [6.45, 7) is 9.92. The van der Waals surface area contributed by atoms with Crippen molar-refractivity contribution < 1.29 is 9.53 Å². The van der Waals surface area contributed by atoms with Gasteiger partial charge in [0.15, 0.2) is 0 Å². The van der Waals surface area contributed by atoms with Crippen LogP contribution >= 0.6 is 0 Å². The lowest BCUT2D eigenvalue weighted by Crippen LogP contribution is -2.36. The zero-order valence-electron chi connectivity index (χ0n) is 15.6. The van der Waals surface area contributed by atoms with Crippen molar-refractivity contribution >= 4 is 6.03 Å². The van der Waals surface area contributed by atoms with Gasteiger partial charge in [0.1, 0.15) is 0 Å². The molecule has 0 radical (unpaired) electrons. The van der Waals surface area contributed by atoms with Crippen LogP contribution in [-0.4, -0.2) is 43.7 Å². The fourth-order valence-corrected chi connectivity index (χ4v) is 2.27. The van der Waals surface area contributed by atoms with E-state index in [1.165, 1.54) is 0 Å². The van der Waals surface area contributed by atoms with Gasteiger partial charge < -0.3 is 20.3 Å². The summed E-state index contributed by atoms with van der Waals surface area (Å²) in [5.74, 6) is 0. The van der Waals surface area contributed by atoms with Gasteiger partial charge in [-0.1, -0.05) is 24.3 Å². The van der Waals surface area contributed by atoms with Crippen molar-refractivity contribution in [2.75, 3.05) is 26.7 Å². The molecule has 0 unspecified atom stereocenters. The highest BCUT2D eigenvalue weighted by Crippen LogP contribution is 2.09. The highest BCUT2D eigenvalue weighted by atomic mass is 16.5. The lowest BCUT2D eigenvalue weighted by Gasteiger charge is -2.20. The largest absolute Gasteiger partial charge is 0.377 e. The van der Waals surface area contributed by atoms with Crippen molar-refractivity contribution in [2.45, 2.75) is 52.8 Å². The van der Waals surface area contributed by atoms with Gasteiger partial charge in [0.05, 0.1) is 6.61 Å². The molecule has 0 fully saturated rings. The zero-order chi connectivity index (χ0) is 17.8. The number of ether oxygens (including phenoxy) is 1. The molecule has 2 amide bonds. The van der Waals surface area contributed by atoms with E-state index in [0.29, 0.717) is 32.3 Å². The number of amides is 2. The van der Waals surface area contributed by atoms with Crippen molar-refractivity contribution in [3.8, 4) is 0 Å². The van der Waals surface area contributed by atoms with Crippen molar-refractivity contribution in [1.29, 1.82) is 0 Å². The first kappa shape index (κ1) is 20.5. The van der Waals surface area contributed by atoms with E-state index in [2.05, 4.69) is 36.4 Å². The van der Waals surface area contributed by atoms with Gasteiger partial charge >= 0.3 is 6.03 Å². The summed E-state index contributed by atoms with van der Waals surface area (Å²) in [7, 11) is 2.13. The molecule has 0 bridgehead atoms. The number of carbonyl (C=O) groups excluding carboxylic acids is 1. The normalized spacial score (nSPS) is 11.1. The van der Waals surface area contributed by atoms with Gasteiger partial charge in [0, 0.05) is 25.7 Å². The Bertz CT molecular complexity index is 477. The number of rotatable bonds is 11. The molecular formula is C19H33N3O2. The Morgan fingerprint density at radius 3 is 2.54 bits per heavy atom. The third-order valence-corrected chi connectivity index (χ3v) is 4.12. The van der Waals surface area contributed by atoms with Gasteiger partial charge in [-0.15, -0.1) is 0 Å². The molecule has 0 aliphatic heterocycles. The van der Waals surface area contributed by atoms with E-state index in [1.54, 1.807) is 0 Å². The van der Waals surface area contributed by atoms with Crippen molar-refractivity contribution in [3.63, 3.8) is 0 Å². The molecule has 0 aliphatic rings. The molecule has 24 heavy (non-hydrogen) atoms. The van der Waals surface area contributed by atoms with E-state index >= 15 is 0 Å². The minimum Gasteiger partial charge on any atom is -0.377 e. The van der Waals surface area contributed by atoms with Crippen LogP contribution in [0.3, 0.4) is 0 Å². The molecule has 5 heteroatoms. The molecule has 0 atom stereocenters. The lowest BCUT2D eigenvalue weighted by molar-refractivity contribution is 0.133. The number of hydrogen-bond donors (Lipinski definition) is 2. The highest BCUT2D eigenvalue weighted by Gasteiger charge is 2.05. The molecule has 2 N–H and O–H groups in total. The van der Waals surface area contributed by atoms with E-state index in [9.17, 15) is 4.79 Å². The van der Waals surface area contributed by atoms with Crippen LogP contribution in [0.15, 0.2) is 24.3 Å². The van der Waals surface area contributed by atoms with Crippen molar-refractivity contribution in [2.24, 2.45) is 0 Å². The van der Waals surface area contributed by atoms with E-state index < -0.39 is 0 Å². The van der Waals surface area contributed by atoms with Crippen LogP contribution in [0.5, 0.6) is 0 Å². The van der Waals surface area contributed by atoms with Gasteiger partial charge in [-0.25, -0.2) is 4.79 Å². The average Bonchev–Trinajstić information content (AvgIpc) is 2.58. The topological polar surface area (TPSA) is 53.6 Å². The molecular weight excluding hydrogens is 302 g/mol. The Kier molecular flexibility index (Phi) is 10.1. The molecule has 1 aromatic carbocycles. The summed E-state index contributed by atoms with van der Waals surface area (Å²) in [5.41, 5.74) is 2.22. The minimum absolute atomic E-state index is 0.113. The summed E-state index contributed by atoms with van der Waals surface area (Å²) in [6, 6.07) is 8.49. The maximum Gasteiger partial charge on any atom is 0.315 e. The van der Waals surface area contributed by atoms with Gasteiger partial charge in [-0.2, -0.15) is 0 Å². The summed E-state index contributed by atoms with van der Waals surface area (Å²) in [5, 5.41) is 5.84.